The van der Waals surface area contributed by atoms with Crippen LogP contribution in [0.25, 0.3) is 0 Å². The molecule has 0 aromatic carbocycles. The molecule has 0 saturated carbocycles. The number of hydrogen-bond acceptors (Lipinski definition) is 4. The first-order chi connectivity index (χ1) is 11.2. The van der Waals surface area contributed by atoms with Crippen LogP contribution < -0.4 is 10.6 Å². The zero-order valence-corrected chi connectivity index (χ0v) is 15.6. The molecular weight excluding hydrogens is 306 g/mol. The van der Waals surface area contributed by atoms with Gasteiger partial charge in [-0.2, -0.15) is 0 Å². The molecule has 1 fully saturated rings. The van der Waals surface area contributed by atoms with E-state index in [1.54, 1.807) is 11.3 Å². The molecule has 2 heterocycles. The van der Waals surface area contributed by atoms with E-state index < -0.39 is 0 Å². The lowest BCUT2D eigenvalue weighted by molar-refractivity contribution is 0.326. The van der Waals surface area contributed by atoms with Gasteiger partial charge in [-0.25, -0.2) is 4.98 Å². The van der Waals surface area contributed by atoms with Crippen molar-refractivity contribution in [1.82, 2.24) is 20.5 Å². The van der Waals surface area contributed by atoms with Gasteiger partial charge in [0.1, 0.15) is 0 Å². The van der Waals surface area contributed by atoms with Gasteiger partial charge in [0, 0.05) is 43.7 Å². The van der Waals surface area contributed by atoms with Gasteiger partial charge in [0.05, 0.1) is 5.01 Å². The van der Waals surface area contributed by atoms with Crippen LogP contribution >= 0.6 is 11.3 Å². The van der Waals surface area contributed by atoms with Crippen LogP contribution in [-0.4, -0.2) is 55.1 Å². The summed E-state index contributed by atoms with van der Waals surface area (Å²) in [5, 5.41) is 7.96. The molecule has 0 aliphatic carbocycles. The minimum atomic E-state index is 0.707. The first kappa shape index (κ1) is 18.2. The topological polar surface area (TPSA) is 52.5 Å². The van der Waals surface area contributed by atoms with Crippen molar-refractivity contribution in [1.29, 1.82) is 0 Å². The fraction of sp³-hybridized carbons (Fsp3) is 0.765. The molecule has 0 radical (unpaired) electrons. The average molecular weight is 338 g/mol. The molecule has 23 heavy (non-hydrogen) atoms. The van der Waals surface area contributed by atoms with Gasteiger partial charge in [0.2, 0.25) is 0 Å². The van der Waals surface area contributed by atoms with E-state index in [2.05, 4.69) is 41.3 Å². The van der Waals surface area contributed by atoms with Crippen molar-refractivity contribution in [3.63, 3.8) is 0 Å². The number of aromatic nitrogens is 1. The molecule has 1 aliphatic heterocycles. The maximum atomic E-state index is 4.78. The number of nitrogens with one attached hydrogen (secondary N) is 2. The van der Waals surface area contributed by atoms with Crippen LogP contribution in [-0.2, 0) is 6.42 Å². The normalized spacial score (nSPS) is 19.3. The van der Waals surface area contributed by atoms with E-state index in [9.17, 15) is 0 Å². The quantitative estimate of drug-likeness (QED) is 0.564. The molecule has 1 unspecified atom stereocenters. The summed E-state index contributed by atoms with van der Waals surface area (Å²) < 4.78 is 0. The first-order valence-corrected chi connectivity index (χ1v) is 9.68. The summed E-state index contributed by atoms with van der Waals surface area (Å²) in [6, 6.07) is 0. The molecule has 5 nitrogen and oxygen atoms in total. The molecule has 1 aromatic rings. The summed E-state index contributed by atoms with van der Waals surface area (Å²) in [4.78, 5) is 13.0. The van der Waals surface area contributed by atoms with Crippen molar-refractivity contribution in [3.05, 3.63) is 16.1 Å². The number of aryl methyl sites for hydroxylation is 1. The molecule has 6 heteroatoms. The van der Waals surface area contributed by atoms with E-state index in [1.807, 2.05) is 6.20 Å². The molecule has 1 atom stereocenters. The van der Waals surface area contributed by atoms with E-state index >= 15 is 0 Å². The predicted octanol–water partition coefficient (Wildman–Crippen LogP) is 2.28. The van der Waals surface area contributed by atoms with Crippen LogP contribution in [0, 0.1) is 12.8 Å². The minimum Gasteiger partial charge on any atom is -0.357 e. The number of hydrogen-bond donors (Lipinski definition) is 2. The smallest absolute Gasteiger partial charge is 0.191 e. The zero-order chi connectivity index (χ0) is 16.5. The van der Waals surface area contributed by atoms with Gasteiger partial charge in [0.15, 0.2) is 5.96 Å². The molecular formula is C17H31N5S. The van der Waals surface area contributed by atoms with E-state index in [1.165, 1.54) is 42.4 Å². The van der Waals surface area contributed by atoms with Crippen molar-refractivity contribution in [2.75, 3.05) is 39.3 Å². The lowest BCUT2D eigenvalue weighted by atomic mass is 10.1. The summed E-state index contributed by atoms with van der Waals surface area (Å²) in [5.41, 5.74) is 0. The number of likely N-dealkylation sites (tertiary alicyclic amines) is 1. The molecule has 1 saturated heterocycles. The van der Waals surface area contributed by atoms with Crippen LogP contribution in [0.1, 0.15) is 36.6 Å². The summed E-state index contributed by atoms with van der Waals surface area (Å²) in [6.45, 7) is 12.8. The molecule has 0 amide bonds. The second-order valence-corrected chi connectivity index (χ2v) is 7.54. The van der Waals surface area contributed by atoms with Crippen molar-refractivity contribution < 1.29 is 0 Å². The van der Waals surface area contributed by atoms with Crippen LogP contribution in [0.2, 0.25) is 0 Å². The lowest BCUT2D eigenvalue weighted by Crippen LogP contribution is -2.38. The van der Waals surface area contributed by atoms with Crippen molar-refractivity contribution in [2.45, 2.75) is 40.0 Å². The Hall–Kier alpha value is -1.14. The highest BCUT2D eigenvalue weighted by atomic mass is 32.1. The highest BCUT2D eigenvalue weighted by Crippen LogP contribution is 2.16. The Morgan fingerprint density at radius 2 is 2.30 bits per heavy atom. The predicted molar refractivity (Wildman–Crippen MR) is 99.4 cm³/mol. The number of aliphatic imine (C=N–C) groups is 1. The third-order valence-corrected chi connectivity index (χ3v) is 5.03. The van der Waals surface area contributed by atoms with E-state index in [0.717, 1.165) is 32.0 Å². The van der Waals surface area contributed by atoms with Crippen LogP contribution in [0.3, 0.4) is 0 Å². The van der Waals surface area contributed by atoms with Gasteiger partial charge >= 0.3 is 0 Å². The van der Waals surface area contributed by atoms with Crippen molar-refractivity contribution in [3.8, 4) is 0 Å². The second-order valence-electron chi connectivity index (χ2n) is 6.22. The van der Waals surface area contributed by atoms with Gasteiger partial charge < -0.3 is 15.5 Å². The highest BCUT2D eigenvalue weighted by Gasteiger charge is 2.21. The third kappa shape index (κ3) is 6.47. The van der Waals surface area contributed by atoms with Crippen LogP contribution in [0.15, 0.2) is 11.2 Å². The Morgan fingerprint density at radius 3 is 3.00 bits per heavy atom. The lowest BCUT2D eigenvalue weighted by Gasteiger charge is -2.14. The SMILES string of the molecule is CCCN1CCC(CN=C(NCC)NCCc2ncc(C)s2)C1. The fourth-order valence-corrected chi connectivity index (χ4v) is 3.73. The van der Waals surface area contributed by atoms with Crippen LogP contribution in [0.5, 0.6) is 0 Å². The van der Waals surface area contributed by atoms with Crippen molar-refractivity contribution >= 4 is 17.3 Å². The van der Waals surface area contributed by atoms with E-state index in [0.29, 0.717) is 5.92 Å². The molecule has 2 rings (SSSR count). The number of thiazole rings is 1. The maximum Gasteiger partial charge on any atom is 0.191 e. The maximum absolute atomic E-state index is 4.78. The fourth-order valence-electron chi connectivity index (χ4n) is 2.95. The molecule has 0 spiro atoms. The van der Waals surface area contributed by atoms with E-state index in [-0.39, 0.29) is 0 Å². The Balaban J connectivity index is 1.73. The van der Waals surface area contributed by atoms with Gasteiger partial charge in [0.25, 0.3) is 0 Å². The van der Waals surface area contributed by atoms with Gasteiger partial charge in [-0.05, 0) is 45.7 Å². The number of rotatable bonds is 8. The standard InChI is InChI=1S/C17H31N5S/c1-4-9-22-10-7-15(13-22)12-21-17(18-5-2)19-8-6-16-20-11-14(3)23-16/h11,15H,4-10,12-13H2,1-3H3,(H2,18,19,21). The molecule has 1 aromatic heterocycles. The number of guanidine groups is 1. The molecule has 2 N–H and O–H groups in total. The van der Waals surface area contributed by atoms with Crippen LogP contribution in [0.4, 0.5) is 0 Å². The zero-order valence-electron chi connectivity index (χ0n) is 14.8. The summed E-state index contributed by atoms with van der Waals surface area (Å²) in [6.07, 6.45) is 5.43. The van der Waals surface area contributed by atoms with Gasteiger partial charge in [-0.1, -0.05) is 6.92 Å². The molecule has 130 valence electrons. The first-order valence-electron chi connectivity index (χ1n) is 8.87. The summed E-state index contributed by atoms with van der Waals surface area (Å²) in [7, 11) is 0. The summed E-state index contributed by atoms with van der Waals surface area (Å²) >= 11 is 1.77. The second kappa shape index (κ2) is 9.88. The Morgan fingerprint density at radius 1 is 1.43 bits per heavy atom. The Kier molecular flexibility index (Phi) is 7.82. The largest absolute Gasteiger partial charge is 0.357 e. The van der Waals surface area contributed by atoms with Gasteiger partial charge in [-0.3, -0.25) is 4.99 Å². The van der Waals surface area contributed by atoms with E-state index in [4.69, 9.17) is 4.99 Å². The monoisotopic (exact) mass is 337 g/mol. The summed E-state index contributed by atoms with van der Waals surface area (Å²) in [5.74, 6) is 1.65. The number of nitrogens with zero attached hydrogens (tertiary/aromatic N) is 3. The minimum absolute atomic E-state index is 0.707. The average Bonchev–Trinajstić information content (AvgIpc) is 3.14. The third-order valence-electron chi connectivity index (χ3n) is 4.06. The van der Waals surface area contributed by atoms with Crippen molar-refractivity contribution in [2.24, 2.45) is 10.9 Å². The van der Waals surface area contributed by atoms with Gasteiger partial charge in [-0.15, -0.1) is 11.3 Å². The molecule has 1 aliphatic rings. The Labute approximate surface area is 144 Å². The Bertz CT molecular complexity index is 485. The molecule has 0 bridgehead atoms. The highest BCUT2D eigenvalue weighted by molar-refractivity contribution is 7.11.